The van der Waals surface area contributed by atoms with Gasteiger partial charge >= 0.3 is 0 Å². The van der Waals surface area contributed by atoms with Crippen LogP contribution in [0.1, 0.15) is 66.9 Å². The maximum atomic E-state index is 13.2. The standard InChI is InChI=1S/C33H41ClN2O5S/c1-4-7-22(3)42(39,40)35-32(38)24-11-15-31-29(18-24)36(19-25-10-13-27(25)30(37)8-5-2)20-33(21-41-31)16-6-9-23-17-26(34)12-14-28(23)33/h4-5,11-12,14-15,17-18,22,25,27,30,37H,1-2,6-10,13,16,19-21H2,3H3,(H,35,38)/t22-,25-,27+,30+,33-/m0/s1. The van der Waals surface area contributed by atoms with Gasteiger partial charge in [0, 0.05) is 29.1 Å². The van der Waals surface area contributed by atoms with Gasteiger partial charge in [-0.25, -0.2) is 13.1 Å². The number of hydrogen-bond acceptors (Lipinski definition) is 6. The number of amides is 1. The first-order valence-electron chi connectivity index (χ1n) is 14.8. The van der Waals surface area contributed by atoms with Gasteiger partial charge < -0.3 is 14.7 Å². The van der Waals surface area contributed by atoms with Crippen LogP contribution in [0, 0.1) is 11.8 Å². The molecule has 1 heterocycles. The molecule has 0 aromatic heterocycles. The van der Waals surface area contributed by atoms with Crippen LogP contribution in [-0.4, -0.2) is 50.5 Å². The van der Waals surface area contributed by atoms with Crippen molar-refractivity contribution in [3.8, 4) is 5.75 Å². The van der Waals surface area contributed by atoms with Gasteiger partial charge in [0.05, 0.1) is 23.6 Å². The van der Waals surface area contributed by atoms with Gasteiger partial charge in [0.2, 0.25) is 10.0 Å². The highest BCUT2D eigenvalue weighted by atomic mass is 35.5. The summed E-state index contributed by atoms with van der Waals surface area (Å²) in [6.45, 7) is 10.8. The van der Waals surface area contributed by atoms with E-state index in [1.165, 1.54) is 17.2 Å². The third-order valence-electron chi connectivity index (χ3n) is 9.40. The molecule has 0 saturated heterocycles. The van der Waals surface area contributed by atoms with E-state index in [9.17, 15) is 18.3 Å². The second kappa shape index (κ2) is 12.4. The molecule has 5 rings (SSSR count). The van der Waals surface area contributed by atoms with Crippen LogP contribution in [0.25, 0.3) is 0 Å². The number of aryl methyl sites for hydroxylation is 1. The monoisotopic (exact) mass is 612 g/mol. The molecule has 0 bridgehead atoms. The highest BCUT2D eigenvalue weighted by Gasteiger charge is 2.44. The first kappa shape index (κ1) is 30.6. The molecule has 2 aromatic carbocycles. The van der Waals surface area contributed by atoms with Crippen molar-refractivity contribution in [1.82, 2.24) is 4.72 Å². The van der Waals surface area contributed by atoms with E-state index in [4.69, 9.17) is 16.3 Å². The highest BCUT2D eigenvalue weighted by molar-refractivity contribution is 7.90. The molecule has 226 valence electrons. The zero-order chi connectivity index (χ0) is 30.1. The Balaban J connectivity index is 1.50. The van der Waals surface area contributed by atoms with Gasteiger partial charge in [0.25, 0.3) is 5.91 Å². The van der Waals surface area contributed by atoms with Crippen molar-refractivity contribution < 1.29 is 23.1 Å². The maximum absolute atomic E-state index is 13.2. The number of anilines is 1. The Hall–Kier alpha value is -2.81. The van der Waals surface area contributed by atoms with Crippen LogP contribution in [0.5, 0.6) is 5.75 Å². The number of carbonyl (C=O) groups excluding carboxylic acids is 1. The molecule has 0 radical (unpaired) electrons. The molecule has 1 saturated carbocycles. The van der Waals surface area contributed by atoms with E-state index in [0.717, 1.165) is 42.8 Å². The predicted octanol–water partition coefficient (Wildman–Crippen LogP) is 5.80. The number of nitrogens with zero attached hydrogens (tertiary/aromatic N) is 1. The molecule has 2 N–H and O–H groups in total. The quantitative estimate of drug-likeness (QED) is 0.329. The number of ether oxygens (including phenoxy) is 1. The molecule has 5 atom stereocenters. The van der Waals surface area contributed by atoms with Crippen molar-refractivity contribution in [3.63, 3.8) is 0 Å². The lowest BCUT2D eigenvalue weighted by atomic mass is 9.68. The number of rotatable bonds is 10. The maximum Gasteiger partial charge on any atom is 0.264 e. The van der Waals surface area contributed by atoms with Gasteiger partial charge in [-0.1, -0.05) is 29.8 Å². The normalized spacial score (nSPS) is 24.7. The number of aliphatic hydroxyl groups is 1. The Bertz CT molecular complexity index is 1460. The lowest BCUT2D eigenvalue weighted by Gasteiger charge is -2.45. The van der Waals surface area contributed by atoms with Crippen molar-refractivity contribution in [2.75, 3.05) is 24.6 Å². The van der Waals surface area contributed by atoms with Crippen molar-refractivity contribution in [3.05, 3.63) is 83.4 Å². The Morgan fingerprint density at radius 2 is 2.00 bits per heavy atom. The van der Waals surface area contributed by atoms with E-state index in [0.29, 0.717) is 31.9 Å². The van der Waals surface area contributed by atoms with Gasteiger partial charge in [-0.15, -0.1) is 13.2 Å². The number of sulfonamides is 1. The molecular formula is C33H41ClN2O5S. The molecule has 9 heteroatoms. The summed E-state index contributed by atoms with van der Waals surface area (Å²) >= 11 is 6.38. The van der Waals surface area contributed by atoms with Gasteiger partial charge in [-0.2, -0.15) is 0 Å². The molecule has 7 nitrogen and oxygen atoms in total. The number of aliphatic hydroxyl groups excluding tert-OH is 1. The summed E-state index contributed by atoms with van der Waals surface area (Å²) in [6.07, 6.45) is 8.55. The van der Waals surface area contributed by atoms with Crippen molar-refractivity contribution in [2.45, 2.75) is 68.6 Å². The van der Waals surface area contributed by atoms with E-state index >= 15 is 0 Å². The number of fused-ring (bicyclic) bond motifs is 3. The summed E-state index contributed by atoms with van der Waals surface area (Å²) in [6, 6.07) is 11.3. The summed E-state index contributed by atoms with van der Waals surface area (Å²) in [7, 11) is -3.87. The first-order chi connectivity index (χ1) is 20.1. The summed E-state index contributed by atoms with van der Waals surface area (Å²) in [5, 5.41) is 10.7. The highest BCUT2D eigenvalue weighted by Crippen LogP contribution is 2.46. The summed E-state index contributed by atoms with van der Waals surface area (Å²) < 4.78 is 34.2. The van der Waals surface area contributed by atoms with Crippen LogP contribution in [0.4, 0.5) is 5.69 Å². The van der Waals surface area contributed by atoms with E-state index in [1.807, 2.05) is 6.07 Å². The van der Waals surface area contributed by atoms with Crippen LogP contribution < -0.4 is 14.4 Å². The van der Waals surface area contributed by atoms with Crippen molar-refractivity contribution in [1.29, 1.82) is 0 Å². The molecule has 42 heavy (non-hydrogen) atoms. The zero-order valence-corrected chi connectivity index (χ0v) is 25.8. The molecule has 3 aliphatic rings. The third kappa shape index (κ3) is 6.12. The fraction of sp³-hybridized carbons (Fsp3) is 0.485. The topological polar surface area (TPSA) is 95.9 Å². The fourth-order valence-electron chi connectivity index (χ4n) is 6.86. The molecule has 2 aromatic rings. The summed E-state index contributed by atoms with van der Waals surface area (Å²) in [5.41, 5.74) is 3.22. The van der Waals surface area contributed by atoms with E-state index in [2.05, 4.69) is 34.9 Å². The fourth-order valence-corrected chi connectivity index (χ4v) is 8.02. The van der Waals surface area contributed by atoms with Crippen LogP contribution in [0.2, 0.25) is 5.02 Å². The third-order valence-corrected chi connectivity index (χ3v) is 11.4. The lowest BCUT2D eigenvalue weighted by molar-refractivity contribution is 0.0178. The summed E-state index contributed by atoms with van der Waals surface area (Å²) in [5.74, 6) is 0.434. The van der Waals surface area contributed by atoms with Gasteiger partial charge in [0.15, 0.2) is 0 Å². The number of hydrogen-bond donors (Lipinski definition) is 2. The number of nitrogens with one attached hydrogen (secondary N) is 1. The minimum atomic E-state index is -3.87. The molecule has 1 amide bonds. The minimum Gasteiger partial charge on any atom is -0.490 e. The Labute approximate surface area is 254 Å². The average Bonchev–Trinajstić information content (AvgIpc) is 3.08. The predicted molar refractivity (Wildman–Crippen MR) is 168 cm³/mol. The van der Waals surface area contributed by atoms with E-state index in [-0.39, 0.29) is 29.2 Å². The average molecular weight is 613 g/mol. The smallest absolute Gasteiger partial charge is 0.264 e. The molecule has 0 unspecified atom stereocenters. The number of carbonyl (C=O) groups is 1. The van der Waals surface area contributed by atoms with E-state index in [1.54, 1.807) is 31.2 Å². The molecule has 2 aliphatic carbocycles. The Morgan fingerprint density at radius 1 is 1.21 bits per heavy atom. The van der Waals surface area contributed by atoms with Crippen molar-refractivity contribution >= 4 is 33.2 Å². The second-order valence-corrected chi connectivity index (χ2v) is 14.7. The molecular weight excluding hydrogens is 572 g/mol. The van der Waals surface area contributed by atoms with Crippen LogP contribution in [-0.2, 0) is 21.9 Å². The lowest BCUT2D eigenvalue weighted by Crippen LogP contribution is -2.49. The molecule has 1 fully saturated rings. The van der Waals surface area contributed by atoms with Crippen LogP contribution in [0.15, 0.2) is 61.7 Å². The zero-order valence-electron chi connectivity index (χ0n) is 24.2. The Morgan fingerprint density at radius 3 is 2.71 bits per heavy atom. The van der Waals surface area contributed by atoms with Gasteiger partial charge in [-0.3, -0.25) is 4.79 Å². The van der Waals surface area contributed by atoms with Gasteiger partial charge in [0.1, 0.15) is 5.75 Å². The summed E-state index contributed by atoms with van der Waals surface area (Å²) in [4.78, 5) is 15.5. The van der Waals surface area contributed by atoms with Crippen LogP contribution in [0.3, 0.4) is 0 Å². The number of allylic oxidation sites excluding steroid dienone is 1. The number of benzene rings is 2. The SMILES string of the molecule is C=CC[C@@H](O)[C@@H]1CC[C@H]1CN1C[C@@]2(CCCc3cc(Cl)ccc32)COc2ccc(C(=O)NS(=O)(=O)[C@@H](C)CC=C)cc21. The van der Waals surface area contributed by atoms with Gasteiger partial charge in [-0.05, 0) is 105 Å². The minimum absolute atomic E-state index is 0.173. The second-order valence-electron chi connectivity index (χ2n) is 12.2. The molecule has 1 spiro atoms. The largest absolute Gasteiger partial charge is 0.490 e. The Kier molecular flexibility index (Phi) is 9.07. The number of halogens is 1. The first-order valence-corrected chi connectivity index (χ1v) is 16.8. The molecule has 1 aliphatic heterocycles. The van der Waals surface area contributed by atoms with Crippen molar-refractivity contribution in [2.24, 2.45) is 11.8 Å². The van der Waals surface area contributed by atoms with E-state index < -0.39 is 27.3 Å². The van der Waals surface area contributed by atoms with Crippen LogP contribution >= 0.6 is 11.6 Å².